The maximum absolute atomic E-state index is 4.54. The molecule has 0 radical (unpaired) electrons. The van der Waals surface area contributed by atoms with Gasteiger partial charge in [0.25, 0.3) is 0 Å². The largest absolute Gasteiger partial charge is 0.311 e. The van der Waals surface area contributed by atoms with Crippen LogP contribution in [-0.4, -0.2) is 21.9 Å². The molecule has 2 bridgehead atoms. The first-order valence-corrected chi connectivity index (χ1v) is 9.19. The van der Waals surface area contributed by atoms with Crippen molar-refractivity contribution in [2.75, 3.05) is 0 Å². The highest BCUT2D eigenvalue weighted by atomic mass is 15.3. The molecule has 5 unspecified atom stereocenters. The van der Waals surface area contributed by atoms with Crippen molar-refractivity contribution in [3.05, 3.63) is 17.0 Å². The van der Waals surface area contributed by atoms with E-state index in [-0.39, 0.29) is 0 Å². The average molecular weight is 303 g/mol. The van der Waals surface area contributed by atoms with Gasteiger partial charge in [0.2, 0.25) is 0 Å². The van der Waals surface area contributed by atoms with Crippen LogP contribution in [-0.2, 0) is 13.5 Å². The van der Waals surface area contributed by atoms with Crippen molar-refractivity contribution in [2.45, 2.75) is 78.3 Å². The van der Waals surface area contributed by atoms with Crippen LogP contribution in [0.15, 0.2) is 0 Å². The summed E-state index contributed by atoms with van der Waals surface area (Å²) in [6.45, 7) is 9.02. The Morgan fingerprint density at radius 2 is 1.95 bits per heavy atom. The van der Waals surface area contributed by atoms with Gasteiger partial charge >= 0.3 is 0 Å². The zero-order valence-electron chi connectivity index (χ0n) is 15.0. The monoisotopic (exact) mass is 303 g/mol. The molecule has 0 amide bonds. The summed E-state index contributed by atoms with van der Waals surface area (Å²) in [4.78, 5) is 0. The van der Waals surface area contributed by atoms with Gasteiger partial charge in [0.1, 0.15) is 0 Å². The van der Waals surface area contributed by atoms with Gasteiger partial charge < -0.3 is 5.32 Å². The molecular formula is C19H33N3. The van der Waals surface area contributed by atoms with E-state index in [0.717, 1.165) is 24.2 Å². The Morgan fingerprint density at radius 3 is 2.50 bits per heavy atom. The van der Waals surface area contributed by atoms with E-state index in [1.54, 1.807) is 0 Å². The Kier molecular flexibility index (Phi) is 4.63. The minimum absolute atomic E-state index is 0.523. The van der Waals surface area contributed by atoms with Gasteiger partial charge in [-0.3, -0.25) is 4.68 Å². The highest BCUT2D eigenvalue weighted by Gasteiger charge is 2.39. The Bertz CT molecular complexity index is 519. The molecule has 1 aromatic heterocycles. The molecule has 5 atom stereocenters. The molecule has 1 aromatic rings. The molecule has 3 nitrogen and oxygen atoms in total. The summed E-state index contributed by atoms with van der Waals surface area (Å²) in [5.41, 5.74) is 3.93. The fourth-order valence-electron chi connectivity index (χ4n) is 5.15. The lowest BCUT2D eigenvalue weighted by atomic mass is 9.84. The maximum Gasteiger partial charge on any atom is 0.0628 e. The first-order valence-electron chi connectivity index (χ1n) is 9.19. The predicted molar refractivity (Wildman–Crippen MR) is 92.0 cm³/mol. The molecule has 2 aliphatic carbocycles. The van der Waals surface area contributed by atoms with E-state index >= 15 is 0 Å². The lowest BCUT2D eigenvalue weighted by Crippen LogP contribution is -2.37. The third-order valence-corrected chi connectivity index (χ3v) is 6.28. The van der Waals surface area contributed by atoms with Crippen LogP contribution in [0.2, 0.25) is 0 Å². The van der Waals surface area contributed by atoms with E-state index in [2.05, 4.69) is 38.1 Å². The lowest BCUT2D eigenvalue weighted by molar-refractivity contribution is 0.276. The Balaban J connectivity index is 1.49. The van der Waals surface area contributed by atoms with Crippen molar-refractivity contribution in [1.29, 1.82) is 0 Å². The first kappa shape index (κ1) is 16.0. The number of aromatic nitrogens is 2. The fourth-order valence-corrected chi connectivity index (χ4v) is 5.15. The van der Waals surface area contributed by atoms with Gasteiger partial charge in [-0.05, 0) is 83.1 Å². The van der Waals surface area contributed by atoms with Crippen LogP contribution in [0.5, 0.6) is 0 Å². The Hall–Kier alpha value is -0.830. The van der Waals surface area contributed by atoms with Gasteiger partial charge in [-0.15, -0.1) is 0 Å². The van der Waals surface area contributed by atoms with E-state index in [4.69, 9.17) is 0 Å². The molecule has 2 saturated carbocycles. The van der Waals surface area contributed by atoms with Gasteiger partial charge in [-0.1, -0.05) is 6.42 Å². The quantitative estimate of drug-likeness (QED) is 0.867. The van der Waals surface area contributed by atoms with Crippen LogP contribution in [0.4, 0.5) is 0 Å². The first-order chi connectivity index (χ1) is 10.4. The number of rotatable bonds is 6. The van der Waals surface area contributed by atoms with E-state index in [1.165, 1.54) is 49.1 Å². The molecule has 3 rings (SSSR count). The summed E-state index contributed by atoms with van der Waals surface area (Å²) in [6.07, 6.45) is 8.51. The van der Waals surface area contributed by atoms with E-state index in [9.17, 15) is 0 Å². The van der Waals surface area contributed by atoms with Crippen LogP contribution in [0.25, 0.3) is 0 Å². The molecule has 1 N–H and O–H groups in total. The number of hydrogen-bond donors (Lipinski definition) is 1. The summed E-state index contributed by atoms with van der Waals surface area (Å²) >= 11 is 0. The maximum atomic E-state index is 4.54. The molecule has 2 fully saturated rings. The van der Waals surface area contributed by atoms with Crippen molar-refractivity contribution in [2.24, 2.45) is 24.8 Å². The van der Waals surface area contributed by atoms with Crippen molar-refractivity contribution >= 4 is 0 Å². The van der Waals surface area contributed by atoms with Crippen LogP contribution in [0.3, 0.4) is 0 Å². The highest BCUT2D eigenvalue weighted by molar-refractivity contribution is 5.25. The van der Waals surface area contributed by atoms with Gasteiger partial charge in [-0.25, -0.2) is 0 Å². The van der Waals surface area contributed by atoms with Crippen LogP contribution in [0.1, 0.15) is 62.9 Å². The molecule has 0 aromatic carbocycles. The number of aryl methyl sites for hydroxylation is 2. The Labute approximate surface area is 135 Å². The molecule has 22 heavy (non-hydrogen) atoms. The molecule has 0 aliphatic heterocycles. The second-order valence-electron chi connectivity index (χ2n) is 8.12. The molecule has 0 saturated heterocycles. The third-order valence-electron chi connectivity index (χ3n) is 6.28. The predicted octanol–water partition coefficient (Wildman–Crippen LogP) is 3.77. The second kappa shape index (κ2) is 6.35. The minimum atomic E-state index is 0.523. The van der Waals surface area contributed by atoms with E-state index in [1.807, 2.05) is 11.7 Å². The highest BCUT2D eigenvalue weighted by Crippen LogP contribution is 2.49. The molecule has 1 heterocycles. The number of nitrogens with zero attached hydrogens (tertiary/aromatic N) is 2. The van der Waals surface area contributed by atoms with E-state index in [0.29, 0.717) is 12.1 Å². The van der Waals surface area contributed by atoms with Gasteiger partial charge in [0.05, 0.1) is 5.69 Å². The van der Waals surface area contributed by atoms with Crippen molar-refractivity contribution < 1.29 is 0 Å². The van der Waals surface area contributed by atoms with Gasteiger partial charge in [-0.2, -0.15) is 5.10 Å². The van der Waals surface area contributed by atoms with Gasteiger partial charge in [0.15, 0.2) is 0 Å². The van der Waals surface area contributed by atoms with E-state index < -0.39 is 0 Å². The summed E-state index contributed by atoms with van der Waals surface area (Å²) in [5.74, 6) is 3.11. The summed E-state index contributed by atoms with van der Waals surface area (Å²) in [7, 11) is 2.04. The normalized spacial score (nSPS) is 30.0. The third kappa shape index (κ3) is 3.24. The standard InChI is InChI=1S/C19H33N3/c1-12(8-18-11-16-6-7-17(18)10-16)20-13(2)9-19-14(3)21-22(5)15(19)4/h12-13,16-18,20H,6-11H2,1-5H3. The zero-order valence-corrected chi connectivity index (χ0v) is 15.0. The molecular weight excluding hydrogens is 270 g/mol. The topological polar surface area (TPSA) is 29.9 Å². The van der Waals surface area contributed by atoms with Crippen LogP contribution in [0, 0.1) is 31.6 Å². The van der Waals surface area contributed by atoms with Crippen LogP contribution < -0.4 is 5.32 Å². The molecule has 124 valence electrons. The summed E-state index contributed by atoms with van der Waals surface area (Å²) < 4.78 is 2.01. The lowest BCUT2D eigenvalue weighted by Gasteiger charge is -2.27. The van der Waals surface area contributed by atoms with Gasteiger partial charge in [0, 0.05) is 24.8 Å². The second-order valence-corrected chi connectivity index (χ2v) is 8.12. The molecule has 3 heteroatoms. The van der Waals surface area contributed by atoms with Crippen molar-refractivity contribution in [3.63, 3.8) is 0 Å². The smallest absolute Gasteiger partial charge is 0.0628 e. The minimum Gasteiger partial charge on any atom is -0.311 e. The fraction of sp³-hybridized carbons (Fsp3) is 0.842. The number of nitrogens with one attached hydrogen (secondary N) is 1. The van der Waals surface area contributed by atoms with Crippen molar-refractivity contribution in [1.82, 2.24) is 15.1 Å². The number of hydrogen-bond acceptors (Lipinski definition) is 2. The average Bonchev–Trinajstić information content (AvgIpc) is 3.10. The molecule has 0 spiro atoms. The zero-order chi connectivity index (χ0) is 15.9. The number of fused-ring (bicyclic) bond motifs is 2. The SMILES string of the molecule is Cc1nn(C)c(C)c1CC(C)NC(C)CC1CC2CCC1C2. The Morgan fingerprint density at radius 1 is 1.18 bits per heavy atom. The van der Waals surface area contributed by atoms with Crippen LogP contribution >= 0.6 is 0 Å². The molecule has 2 aliphatic rings. The summed E-state index contributed by atoms with van der Waals surface area (Å²) in [6, 6.07) is 1.16. The van der Waals surface area contributed by atoms with Crippen molar-refractivity contribution in [3.8, 4) is 0 Å². The summed E-state index contributed by atoms with van der Waals surface area (Å²) in [5, 5.41) is 8.38.